The Morgan fingerprint density at radius 1 is 1.44 bits per heavy atom. The number of amides is 1. The monoisotopic (exact) mass is 254 g/mol. The van der Waals surface area contributed by atoms with E-state index in [1.54, 1.807) is 23.1 Å². The van der Waals surface area contributed by atoms with E-state index in [4.69, 9.17) is 28.5 Å². The predicted molar refractivity (Wildman–Crippen MR) is 62.8 cm³/mol. The molecule has 16 heavy (non-hydrogen) atoms. The Balaban J connectivity index is 2.37. The van der Waals surface area contributed by atoms with E-state index in [0.29, 0.717) is 29.2 Å². The average molecular weight is 255 g/mol. The van der Waals surface area contributed by atoms with E-state index in [-0.39, 0.29) is 11.3 Å². The normalized spacial score (nSPS) is 19.9. The van der Waals surface area contributed by atoms with Crippen molar-refractivity contribution in [1.82, 2.24) is 0 Å². The van der Waals surface area contributed by atoms with Gasteiger partial charge in [-0.05, 0) is 18.2 Å². The number of carbonyl (C=O) groups is 1. The molecule has 1 aliphatic rings. The lowest BCUT2D eigenvalue weighted by molar-refractivity contribution is -0.117. The molecule has 5 heteroatoms. The molecule has 0 aromatic heterocycles. The highest BCUT2D eigenvalue weighted by atomic mass is 35.5. The van der Waals surface area contributed by atoms with Gasteiger partial charge in [-0.2, -0.15) is 5.26 Å². The molecule has 0 spiro atoms. The summed E-state index contributed by atoms with van der Waals surface area (Å²) in [6, 6.07) is 6.86. The van der Waals surface area contributed by atoms with E-state index in [1.165, 1.54) is 0 Å². The van der Waals surface area contributed by atoms with Crippen LogP contribution in [0.25, 0.3) is 0 Å². The molecule has 0 saturated carbocycles. The van der Waals surface area contributed by atoms with Crippen molar-refractivity contribution in [2.45, 2.75) is 11.8 Å². The van der Waals surface area contributed by atoms with Gasteiger partial charge in [0.15, 0.2) is 0 Å². The summed E-state index contributed by atoms with van der Waals surface area (Å²) in [6.45, 7) is 0.464. The first-order chi connectivity index (χ1) is 7.60. The molecule has 1 unspecified atom stereocenters. The Labute approximate surface area is 103 Å². The maximum atomic E-state index is 11.6. The summed E-state index contributed by atoms with van der Waals surface area (Å²) in [5.74, 6) is -0.0360. The number of rotatable bonds is 1. The minimum Gasteiger partial charge on any atom is -0.311 e. The number of hydrogen-bond acceptors (Lipinski definition) is 2. The van der Waals surface area contributed by atoms with Gasteiger partial charge in [0.05, 0.1) is 17.0 Å². The van der Waals surface area contributed by atoms with Gasteiger partial charge in [-0.15, -0.1) is 11.6 Å². The van der Waals surface area contributed by atoms with Crippen LogP contribution in [0, 0.1) is 11.3 Å². The summed E-state index contributed by atoms with van der Waals surface area (Å²) in [5, 5.41) is 9.08. The third-order valence-electron chi connectivity index (χ3n) is 2.40. The van der Waals surface area contributed by atoms with E-state index in [1.807, 2.05) is 6.07 Å². The molecule has 1 aromatic carbocycles. The Morgan fingerprint density at radius 2 is 2.19 bits per heavy atom. The molecular weight excluding hydrogens is 247 g/mol. The number of alkyl halides is 1. The van der Waals surface area contributed by atoms with Gasteiger partial charge in [0.2, 0.25) is 5.91 Å². The number of nitrogens with zero attached hydrogens (tertiary/aromatic N) is 2. The van der Waals surface area contributed by atoms with Crippen LogP contribution in [-0.4, -0.2) is 17.8 Å². The predicted octanol–water partition coefficient (Wildman–Crippen LogP) is 2.56. The molecule has 1 amide bonds. The van der Waals surface area contributed by atoms with Crippen LogP contribution >= 0.6 is 23.2 Å². The molecule has 0 radical (unpaired) electrons. The molecule has 82 valence electrons. The molecule has 1 atom stereocenters. The van der Waals surface area contributed by atoms with Crippen LogP contribution in [0.5, 0.6) is 0 Å². The minimum absolute atomic E-state index is 0.0360. The fraction of sp³-hybridized carbons (Fsp3) is 0.273. The summed E-state index contributed by atoms with van der Waals surface area (Å²) in [6.07, 6.45) is 0.329. The third-order valence-corrected chi connectivity index (χ3v) is 2.91. The first kappa shape index (κ1) is 11.3. The summed E-state index contributed by atoms with van der Waals surface area (Å²) in [4.78, 5) is 13.2. The van der Waals surface area contributed by atoms with Crippen molar-refractivity contribution in [3.63, 3.8) is 0 Å². The first-order valence-corrected chi connectivity index (χ1v) is 5.56. The van der Waals surface area contributed by atoms with Crippen molar-refractivity contribution in [3.05, 3.63) is 28.8 Å². The van der Waals surface area contributed by atoms with Gasteiger partial charge in [0.1, 0.15) is 0 Å². The first-order valence-electron chi connectivity index (χ1n) is 4.75. The lowest BCUT2D eigenvalue weighted by atomic mass is 10.2. The number of benzene rings is 1. The Morgan fingerprint density at radius 3 is 2.75 bits per heavy atom. The molecule has 0 aliphatic carbocycles. The quantitative estimate of drug-likeness (QED) is 0.724. The summed E-state index contributed by atoms with van der Waals surface area (Å²) < 4.78 is 0. The van der Waals surface area contributed by atoms with Gasteiger partial charge < -0.3 is 4.90 Å². The summed E-state index contributed by atoms with van der Waals surface area (Å²) in [5.41, 5.74) is 1.07. The summed E-state index contributed by atoms with van der Waals surface area (Å²) in [7, 11) is 0. The van der Waals surface area contributed by atoms with E-state index < -0.39 is 0 Å². The number of hydrogen-bond donors (Lipinski definition) is 0. The maximum absolute atomic E-state index is 11.6. The Kier molecular flexibility index (Phi) is 3.04. The van der Waals surface area contributed by atoms with Gasteiger partial charge >= 0.3 is 0 Å². The van der Waals surface area contributed by atoms with Crippen molar-refractivity contribution >= 4 is 34.8 Å². The number of nitriles is 1. The number of halogens is 2. The van der Waals surface area contributed by atoms with E-state index in [2.05, 4.69) is 0 Å². The van der Waals surface area contributed by atoms with Crippen molar-refractivity contribution in [3.8, 4) is 6.07 Å². The molecule has 0 N–H and O–H groups in total. The standard InChI is InChI=1S/C11H8Cl2N2O/c12-8-1-7(5-14)2-10(3-8)15-6-9(13)4-11(15)16/h1-3,9H,4,6H2. The van der Waals surface area contributed by atoms with Gasteiger partial charge in [-0.3, -0.25) is 4.79 Å². The van der Waals surface area contributed by atoms with Gasteiger partial charge in [0, 0.05) is 23.7 Å². The molecule has 1 aliphatic heterocycles. The van der Waals surface area contributed by atoms with Gasteiger partial charge in [-0.25, -0.2) is 0 Å². The topological polar surface area (TPSA) is 44.1 Å². The Bertz CT molecular complexity index is 481. The second-order valence-electron chi connectivity index (χ2n) is 3.62. The number of anilines is 1. The highest BCUT2D eigenvalue weighted by Gasteiger charge is 2.29. The lowest BCUT2D eigenvalue weighted by Crippen LogP contribution is -2.24. The lowest BCUT2D eigenvalue weighted by Gasteiger charge is -2.16. The minimum atomic E-state index is -0.169. The zero-order valence-corrected chi connectivity index (χ0v) is 9.79. The molecule has 1 heterocycles. The van der Waals surface area contributed by atoms with E-state index in [9.17, 15) is 4.79 Å². The van der Waals surface area contributed by atoms with E-state index in [0.717, 1.165) is 0 Å². The average Bonchev–Trinajstić information content (AvgIpc) is 2.57. The van der Waals surface area contributed by atoms with Crippen molar-refractivity contribution in [2.75, 3.05) is 11.4 Å². The van der Waals surface area contributed by atoms with Crippen LogP contribution in [-0.2, 0) is 4.79 Å². The van der Waals surface area contributed by atoms with Crippen LogP contribution in [0.4, 0.5) is 5.69 Å². The van der Waals surface area contributed by atoms with Crippen LogP contribution in [0.2, 0.25) is 5.02 Å². The highest BCUT2D eigenvalue weighted by Crippen LogP contribution is 2.27. The number of carbonyl (C=O) groups excluding carboxylic acids is 1. The molecule has 1 aromatic rings. The third kappa shape index (κ3) is 2.13. The second kappa shape index (κ2) is 4.32. The molecule has 2 rings (SSSR count). The fourth-order valence-electron chi connectivity index (χ4n) is 1.71. The van der Waals surface area contributed by atoms with E-state index >= 15 is 0 Å². The molecule has 0 bridgehead atoms. The second-order valence-corrected chi connectivity index (χ2v) is 4.67. The zero-order chi connectivity index (χ0) is 11.7. The Hall–Kier alpha value is -1.24. The van der Waals surface area contributed by atoms with Gasteiger partial charge in [-0.1, -0.05) is 11.6 Å². The van der Waals surface area contributed by atoms with Crippen molar-refractivity contribution in [2.24, 2.45) is 0 Å². The summed E-state index contributed by atoms with van der Waals surface area (Å²) >= 11 is 11.8. The fourth-order valence-corrected chi connectivity index (χ4v) is 2.21. The molecule has 1 saturated heterocycles. The molecule has 3 nitrogen and oxygen atoms in total. The largest absolute Gasteiger partial charge is 0.311 e. The van der Waals surface area contributed by atoms with Crippen LogP contribution in [0.3, 0.4) is 0 Å². The van der Waals surface area contributed by atoms with Crippen molar-refractivity contribution < 1.29 is 4.79 Å². The van der Waals surface area contributed by atoms with Crippen LogP contribution in [0.1, 0.15) is 12.0 Å². The maximum Gasteiger partial charge on any atom is 0.228 e. The molecule has 1 fully saturated rings. The van der Waals surface area contributed by atoms with Gasteiger partial charge in [0.25, 0.3) is 0 Å². The smallest absolute Gasteiger partial charge is 0.228 e. The SMILES string of the molecule is N#Cc1cc(Cl)cc(N2CC(Cl)CC2=O)c1. The zero-order valence-electron chi connectivity index (χ0n) is 8.28. The highest BCUT2D eigenvalue weighted by molar-refractivity contribution is 6.31. The van der Waals surface area contributed by atoms with Crippen LogP contribution in [0.15, 0.2) is 18.2 Å². The van der Waals surface area contributed by atoms with Crippen LogP contribution < -0.4 is 4.90 Å². The molecular formula is C11H8Cl2N2O. The van der Waals surface area contributed by atoms with Crippen molar-refractivity contribution in [1.29, 1.82) is 5.26 Å².